The number of hydrogen-bond donors (Lipinski definition) is 3. The van der Waals surface area contributed by atoms with Gasteiger partial charge in [-0.15, -0.1) is 0 Å². The van der Waals surface area contributed by atoms with Gasteiger partial charge in [-0.2, -0.15) is 0 Å². The predicted molar refractivity (Wildman–Crippen MR) is 74.2 cm³/mol. The van der Waals surface area contributed by atoms with Crippen molar-refractivity contribution in [2.75, 3.05) is 0 Å². The Morgan fingerprint density at radius 2 is 2.06 bits per heavy atom. The van der Waals surface area contributed by atoms with Crippen molar-refractivity contribution < 1.29 is 4.79 Å². The summed E-state index contributed by atoms with van der Waals surface area (Å²) in [5.74, 6) is -0.274. The van der Waals surface area contributed by atoms with Gasteiger partial charge in [0.15, 0.2) is 0 Å². The number of allylic oxidation sites excluding steroid dienone is 1. The Morgan fingerprint density at radius 3 is 2.78 bits per heavy atom. The average molecular weight is 306 g/mol. The van der Waals surface area contributed by atoms with E-state index < -0.39 is 0 Å². The van der Waals surface area contributed by atoms with E-state index in [0.29, 0.717) is 16.6 Å². The molecule has 0 aliphatic carbocycles. The molecule has 3 N–H and O–H groups in total. The molecule has 18 heavy (non-hydrogen) atoms. The third-order valence-electron chi connectivity index (χ3n) is 2.48. The molecule has 1 aromatic carbocycles. The Hall–Kier alpha value is -1.88. The minimum Gasteiger partial charge on any atom is -0.386 e. The summed E-state index contributed by atoms with van der Waals surface area (Å²) < 4.78 is 0.565. The number of rotatable bonds is 3. The molecule has 5 heteroatoms. The lowest BCUT2D eigenvalue weighted by Crippen LogP contribution is -2.30. The molecule has 1 heterocycles. The number of hydrogen-bond acceptors (Lipinski definition) is 3. The second-order valence-corrected chi connectivity index (χ2v) is 4.62. The third-order valence-corrected chi connectivity index (χ3v) is 3.10. The fourth-order valence-electron chi connectivity index (χ4n) is 1.53. The van der Waals surface area contributed by atoms with E-state index in [1.807, 2.05) is 30.3 Å². The summed E-state index contributed by atoms with van der Waals surface area (Å²) >= 11 is 3.21. The van der Waals surface area contributed by atoms with Crippen molar-refractivity contribution >= 4 is 27.5 Å². The third kappa shape index (κ3) is 2.87. The maximum Gasteiger partial charge on any atom is 0.258 e. The maximum absolute atomic E-state index is 11.6. The summed E-state index contributed by atoms with van der Waals surface area (Å²) in [6, 6.07) is 9.85. The lowest BCUT2D eigenvalue weighted by molar-refractivity contribution is -0.116. The summed E-state index contributed by atoms with van der Waals surface area (Å²) in [6.07, 6.45) is 3.04. The lowest BCUT2D eigenvalue weighted by Gasteiger charge is -2.14. The smallest absolute Gasteiger partial charge is 0.258 e. The van der Waals surface area contributed by atoms with Crippen LogP contribution in [0.15, 0.2) is 52.8 Å². The summed E-state index contributed by atoms with van der Waals surface area (Å²) in [5.41, 5.74) is 1.62. The lowest BCUT2D eigenvalue weighted by atomic mass is 10.1. The number of nitrogens with one attached hydrogen (secondary N) is 3. The minimum atomic E-state index is -0.274. The normalized spacial score (nSPS) is 17.4. The van der Waals surface area contributed by atoms with Gasteiger partial charge in [-0.05, 0) is 21.5 Å². The Bertz CT molecular complexity index is 534. The zero-order chi connectivity index (χ0) is 13.0. The van der Waals surface area contributed by atoms with Crippen LogP contribution >= 0.6 is 15.9 Å². The zero-order valence-electron chi connectivity index (χ0n) is 9.53. The van der Waals surface area contributed by atoms with Gasteiger partial charge in [0.1, 0.15) is 0 Å². The van der Waals surface area contributed by atoms with Gasteiger partial charge in [-0.1, -0.05) is 30.3 Å². The van der Waals surface area contributed by atoms with Crippen LogP contribution in [0.3, 0.4) is 0 Å². The highest BCUT2D eigenvalue weighted by molar-refractivity contribution is 9.12. The van der Waals surface area contributed by atoms with Gasteiger partial charge in [0.05, 0.1) is 15.8 Å². The molecule has 0 saturated heterocycles. The van der Waals surface area contributed by atoms with Crippen LogP contribution in [0.5, 0.6) is 0 Å². The molecule has 0 atom stereocenters. The first-order chi connectivity index (χ1) is 8.68. The Labute approximate surface area is 113 Å². The van der Waals surface area contributed by atoms with E-state index in [-0.39, 0.29) is 11.6 Å². The molecule has 4 nitrogen and oxygen atoms in total. The van der Waals surface area contributed by atoms with Crippen LogP contribution in [-0.4, -0.2) is 11.6 Å². The van der Waals surface area contributed by atoms with Crippen LogP contribution in [0.25, 0.3) is 0 Å². The molecule has 1 aliphatic heterocycles. The molecule has 2 rings (SSSR count). The topological polar surface area (TPSA) is 65.0 Å². The molecule has 1 aromatic rings. The Balaban J connectivity index is 2.03. The summed E-state index contributed by atoms with van der Waals surface area (Å²) in [6.45, 7) is 0.617. The summed E-state index contributed by atoms with van der Waals surface area (Å²) in [5, 5.41) is 13.4. The SMILES string of the molecule is N=C1C(Br)=CNC(=O)/C1=C/NCc1ccccc1. The molecular formula is C13H12BrN3O. The van der Waals surface area contributed by atoms with Crippen LogP contribution in [0.1, 0.15) is 5.56 Å². The van der Waals surface area contributed by atoms with Crippen LogP contribution < -0.4 is 10.6 Å². The monoisotopic (exact) mass is 305 g/mol. The molecule has 92 valence electrons. The van der Waals surface area contributed by atoms with E-state index in [4.69, 9.17) is 5.41 Å². The van der Waals surface area contributed by atoms with Gasteiger partial charge in [0.25, 0.3) is 5.91 Å². The number of amides is 1. The van der Waals surface area contributed by atoms with Gasteiger partial charge in [-0.25, -0.2) is 0 Å². The van der Waals surface area contributed by atoms with Gasteiger partial charge < -0.3 is 10.6 Å². The molecule has 0 spiro atoms. The first kappa shape index (κ1) is 12.6. The standard InChI is InChI=1S/C13H12BrN3O/c14-11-8-17-13(18)10(12(11)15)7-16-6-9-4-2-1-3-5-9/h1-5,7-8,15-16H,6H2,(H,17,18)/b10-7+,15-12?. The quantitative estimate of drug-likeness (QED) is 0.748. The first-order valence-corrected chi connectivity index (χ1v) is 6.21. The van der Waals surface area contributed by atoms with Gasteiger partial charge in [-0.3, -0.25) is 10.2 Å². The highest BCUT2D eigenvalue weighted by atomic mass is 79.9. The van der Waals surface area contributed by atoms with E-state index >= 15 is 0 Å². The van der Waals surface area contributed by atoms with Crippen molar-refractivity contribution in [3.8, 4) is 0 Å². The molecular weight excluding hydrogens is 294 g/mol. The fourth-order valence-corrected chi connectivity index (χ4v) is 1.85. The van der Waals surface area contributed by atoms with Crippen LogP contribution in [0.2, 0.25) is 0 Å². The Morgan fingerprint density at radius 1 is 1.33 bits per heavy atom. The van der Waals surface area contributed by atoms with E-state index in [1.165, 1.54) is 6.20 Å². The number of carbonyl (C=O) groups is 1. The number of carbonyl (C=O) groups excluding carboxylic acids is 1. The average Bonchev–Trinajstić information content (AvgIpc) is 2.39. The molecule has 0 unspecified atom stereocenters. The highest BCUT2D eigenvalue weighted by Crippen LogP contribution is 2.16. The molecule has 0 radical (unpaired) electrons. The largest absolute Gasteiger partial charge is 0.386 e. The van der Waals surface area contributed by atoms with Gasteiger partial charge in [0.2, 0.25) is 0 Å². The van der Waals surface area contributed by atoms with Crippen molar-refractivity contribution in [1.82, 2.24) is 10.6 Å². The van der Waals surface area contributed by atoms with Crippen molar-refractivity contribution in [1.29, 1.82) is 5.41 Å². The minimum absolute atomic E-state index is 0.180. The van der Waals surface area contributed by atoms with Gasteiger partial charge in [0, 0.05) is 18.9 Å². The van der Waals surface area contributed by atoms with Crippen molar-refractivity contribution in [2.24, 2.45) is 0 Å². The fraction of sp³-hybridized carbons (Fsp3) is 0.0769. The second kappa shape index (κ2) is 5.64. The summed E-state index contributed by atoms with van der Waals surface area (Å²) in [7, 11) is 0. The van der Waals surface area contributed by atoms with E-state index in [1.54, 1.807) is 6.20 Å². The maximum atomic E-state index is 11.6. The van der Waals surface area contributed by atoms with Crippen molar-refractivity contribution in [3.63, 3.8) is 0 Å². The number of halogens is 1. The van der Waals surface area contributed by atoms with Crippen LogP contribution in [0.4, 0.5) is 0 Å². The van der Waals surface area contributed by atoms with Crippen molar-refractivity contribution in [3.05, 3.63) is 58.4 Å². The van der Waals surface area contributed by atoms with Crippen molar-refractivity contribution in [2.45, 2.75) is 6.54 Å². The molecule has 1 aliphatic rings. The predicted octanol–water partition coefficient (Wildman–Crippen LogP) is 2.05. The van der Waals surface area contributed by atoms with Gasteiger partial charge >= 0.3 is 0 Å². The van der Waals surface area contributed by atoms with Crippen LogP contribution in [-0.2, 0) is 11.3 Å². The molecule has 0 bridgehead atoms. The second-order valence-electron chi connectivity index (χ2n) is 3.77. The van der Waals surface area contributed by atoms with Crippen LogP contribution in [0, 0.1) is 5.41 Å². The first-order valence-electron chi connectivity index (χ1n) is 5.42. The highest BCUT2D eigenvalue weighted by Gasteiger charge is 2.20. The zero-order valence-corrected chi connectivity index (χ0v) is 11.1. The Kier molecular flexibility index (Phi) is 3.94. The molecule has 0 saturated carbocycles. The molecule has 0 aromatic heterocycles. The summed E-state index contributed by atoms with van der Waals surface area (Å²) in [4.78, 5) is 11.6. The molecule has 1 amide bonds. The molecule has 0 fully saturated rings. The van der Waals surface area contributed by atoms with E-state index in [9.17, 15) is 4.79 Å². The number of benzene rings is 1. The van der Waals surface area contributed by atoms with E-state index in [0.717, 1.165) is 5.56 Å². The van der Waals surface area contributed by atoms with E-state index in [2.05, 4.69) is 26.6 Å².